The monoisotopic (exact) mass is 311 g/mol. The fourth-order valence-electron chi connectivity index (χ4n) is 2.37. The van der Waals surface area contributed by atoms with E-state index < -0.39 is 12.0 Å². The number of unbranched alkanes of at least 4 members (excludes halogenated alkanes) is 5. The summed E-state index contributed by atoms with van der Waals surface area (Å²) in [4.78, 5) is 25.0. The average Bonchev–Trinajstić information content (AvgIpc) is 2.50. The van der Waals surface area contributed by atoms with Gasteiger partial charge in [-0.15, -0.1) is 0 Å². The van der Waals surface area contributed by atoms with Crippen LogP contribution in [0.2, 0.25) is 0 Å². The number of amides is 1. The Morgan fingerprint density at radius 2 is 1.68 bits per heavy atom. The van der Waals surface area contributed by atoms with Gasteiger partial charge in [0.15, 0.2) is 0 Å². The molecule has 0 aromatic carbocycles. The SMILES string of the molecule is CC/C=C/CCC(=O)N(CCCCCCCC)[C@@H](C)C(=O)O. The summed E-state index contributed by atoms with van der Waals surface area (Å²) in [5.41, 5.74) is 0. The molecule has 0 saturated heterocycles. The van der Waals surface area contributed by atoms with Crippen LogP contribution in [0.1, 0.15) is 78.6 Å². The van der Waals surface area contributed by atoms with Crippen LogP contribution >= 0.6 is 0 Å². The van der Waals surface area contributed by atoms with Gasteiger partial charge in [0.1, 0.15) is 6.04 Å². The van der Waals surface area contributed by atoms with Crippen molar-refractivity contribution in [3.8, 4) is 0 Å². The first kappa shape index (κ1) is 20.7. The van der Waals surface area contributed by atoms with E-state index in [1.807, 2.05) is 12.2 Å². The Labute approximate surface area is 135 Å². The molecule has 1 atom stereocenters. The van der Waals surface area contributed by atoms with Crippen LogP contribution in [0.3, 0.4) is 0 Å². The van der Waals surface area contributed by atoms with Crippen LogP contribution in [-0.2, 0) is 9.59 Å². The maximum absolute atomic E-state index is 12.2. The highest BCUT2D eigenvalue weighted by Gasteiger charge is 2.24. The van der Waals surface area contributed by atoms with Crippen LogP contribution in [0, 0.1) is 0 Å². The molecule has 0 aliphatic heterocycles. The van der Waals surface area contributed by atoms with Gasteiger partial charge >= 0.3 is 5.97 Å². The lowest BCUT2D eigenvalue weighted by Crippen LogP contribution is -2.43. The third kappa shape index (κ3) is 9.59. The molecule has 4 heteroatoms. The summed E-state index contributed by atoms with van der Waals surface area (Å²) >= 11 is 0. The van der Waals surface area contributed by atoms with Crippen molar-refractivity contribution in [1.82, 2.24) is 4.90 Å². The first-order valence-electron chi connectivity index (χ1n) is 8.71. The third-order valence-corrected chi connectivity index (χ3v) is 3.83. The van der Waals surface area contributed by atoms with E-state index in [0.717, 1.165) is 25.7 Å². The zero-order valence-electron chi connectivity index (χ0n) is 14.5. The number of carboxylic acids is 1. The molecular weight excluding hydrogens is 278 g/mol. The van der Waals surface area contributed by atoms with Gasteiger partial charge in [-0.05, 0) is 26.2 Å². The topological polar surface area (TPSA) is 57.6 Å². The third-order valence-electron chi connectivity index (χ3n) is 3.83. The summed E-state index contributed by atoms with van der Waals surface area (Å²) in [6, 6.07) is -0.738. The summed E-state index contributed by atoms with van der Waals surface area (Å²) < 4.78 is 0. The first-order valence-corrected chi connectivity index (χ1v) is 8.71. The van der Waals surface area contributed by atoms with Crippen molar-refractivity contribution >= 4 is 11.9 Å². The quantitative estimate of drug-likeness (QED) is 0.405. The molecule has 0 unspecified atom stereocenters. The molecule has 0 fully saturated rings. The van der Waals surface area contributed by atoms with E-state index in [4.69, 9.17) is 0 Å². The van der Waals surface area contributed by atoms with Crippen LogP contribution in [0.5, 0.6) is 0 Å². The molecule has 22 heavy (non-hydrogen) atoms. The second-order valence-corrected chi connectivity index (χ2v) is 5.79. The van der Waals surface area contributed by atoms with Gasteiger partial charge in [-0.1, -0.05) is 58.1 Å². The molecule has 0 heterocycles. The molecule has 1 N–H and O–H groups in total. The molecule has 0 rings (SSSR count). The number of nitrogens with zero attached hydrogens (tertiary/aromatic N) is 1. The smallest absolute Gasteiger partial charge is 0.326 e. The number of carboxylic acid groups (broad SMARTS) is 1. The largest absolute Gasteiger partial charge is 0.480 e. The predicted molar refractivity (Wildman–Crippen MR) is 90.9 cm³/mol. The molecule has 0 radical (unpaired) electrons. The number of allylic oxidation sites excluding steroid dienone is 2. The van der Waals surface area contributed by atoms with Gasteiger partial charge in [-0.25, -0.2) is 4.79 Å². The molecule has 0 aliphatic carbocycles. The number of carbonyl (C=O) groups is 2. The molecule has 4 nitrogen and oxygen atoms in total. The minimum atomic E-state index is -0.927. The Morgan fingerprint density at radius 3 is 2.27 bits per heavy atom. The van der Waals surface area contributed by atoms with Gasteiger partial charge in [-0.3, -0.25) is 4.79 Å². The van der Waals surface area contributed by atoms with Crippen molar-refractivity contribution < 1.29 is 14.7 Å². The zero-order valence-corrected chi connectivity index (χ0v) is 14.5. The molecule has 0 saturated carbocycles. The first-order chi connectivity index (χ1) is 10.5. The maximum Gasteiger partial charge on any atom is 0.326 e. The zero-order chi connectivity index (χ0) is 16.8. The highest BCUT2D eigenvalue weighted by atomic mass is 16.4. The van der Waals surface area contributed by atoms with Gasteiger partial charge in [-0.2, -0.15) is 0 Å². The van der Waals surface area contributed by atoms with Crippen molar-refractivity contribution in [1.29, 1.82) is 0 Å². The van der Waals surface area contributed by atoms with Crippen molar-refractivity contribution in [2.24, 2.45) is 0 Å². The van der Waals surface area contributed by atoms with E-state index in [9.17, 15) is 14.7 Å². The van der Waals surface area contributed by atoms with E-state index in [2.05, 4.69) is 13.8 Å². The minimum absolute atomic E-state index is 0.0517. The number of rotatable bonds is 13. The maximum atomic E-state index is 12.2. The fraction of sp³-hybridized carbons (Fsp3) is 0.778. The van der Waals surface area contributed by atoms with Crippen LogP contribution in [0.15, 0.2) is 12.2 Å². The Kier molecular flexibility index (Phi) is 12.5. The van der Waals surface area contributed by atoms with Crippen molar-refractivity contribution in [3.63, 3.8) is 0 Å². The number of hydrogen-bond acceptors (Lipinski definition) is 2. The van der Waals surface area contributed by atoms with E-state index in [1.54, 1.807) is 6.92 Å². The van der Waals surface area contributed by atoms with Gasteiger partial charge in [0.2, 0.25) is 5.91 Å². The van der Waals surface area contributed by atoms with E-state index >= 15 is 0 Å². The lowest BCUT2D eigenvalue weighted by Gasteiger charge is -2.26. The van der Waals surface area contributed by atoms with Gasteiger partial charge in [0.25, 0.3) is 0 Å². The Bertz CT molecular complexity index is 339. The highest BCUT2D eigenvalue weighted by Crippen LogP contribution is 2.10. The van der Waals surface area contributed by atoms with Crippen LogP contribution in [-0.4, -0.2) is 34.5 Å². The second-order valence-electron chi connectivity index (χ2n) is 5.79. The number of aliphatic carboxylic acids is 1. The molecule has 0 spiro atoms. The lowest BCUT2D eigenvalue weighted by molar-refractivity contribution is -0.149. The minimum Gasteiger partial charge on any atom is -0.480 e. The van der Waals surface area contributed by atoms with Crippen LogP contribution in [0.25, 0.3) is 0 Å². The van der Waals surface area contributed by atoms with E-state index in [1.165, 1.54) is 24.2 Å². The molecule has 128 valence electrons. The van der Waals surface area contributed by atoms with Gasteiger partial charge in [0.05, 0.1) is 0 Å². The molecule has 0 aliphatic rings. The summed E-state index contributed by atoms with van der Waals surface area (Å²) in [6.45, 7) is 6.38. The normalized spacial score (nSPS) is 12.5. The average molecular weight is 311 g/mol. The van der Waals surface area contributed by atoms with E-state index in [-0.39, 0.29) is 5.91 Å². The van der Waals surface area contributed by atoms with Crippen LogP contribution in [0.4, 0.5) is 0 Å². The van der Waals surface area contributed by atoms with Gasteiger partial charge in [0, 0.05) is 13.0 Å². The molecule has 0 aromatic heterocycles. The fourth-order valence-corrected chi connectivity index (χ4v) is 2.37. The standard InChI is InChI=1S/C18H33NO3/c1-4-6-8-10-11-13-15-19(16(3)18(21)22)17(20)14-12-9-7-5-2/h7,9,16H,4-6,8,10-15H2,1-3H3,(H,21,22)/b9-7+/t16-/m0/s1. The summed E-state index contributed by atoms with van der Waals surface area (Å²) in [7, 11) is 0. The number of carbonyl (C=O) groups excluding carboxylic acids is 1. The molecule has 1 amide bonds. The highest BCUT2D eigenvalue weighted by molar-refractivity contribution is 5.83. The predicted octanol–water partition coefficient (Wildman–Crippen LogP) is 4.40. The molecule has 0 bridgehead atoms. The molecule has 0 aromatic rings. The lowest BCUT2D eigenvalue weighted by atomic mass is 10.1. The van der Waals surface area contributed by atoms with Crippen molar-refractivity contribution in [2.75, 3.05) is 6.54 Å². The summed E-state index contributed by atoms with van der Waals surface area (Å²) in [5, 5.41) is 9.18. The van der Waals surface area contributed by atoms with Gasteiger partial charge < -0.3 is 10.0 Å². The Hall–Kier alpha value is -1.32. The van der Waals surface area contributed by atoms with Crippen LogP contribution < -0.4 is 0 Å². The summed E-state index contributed by atoms with van der Waals surface area (Å²) in [6.07, 6.45) is 12.9. The van der Waals surface area contributed by atoms with E-state index in [0.29, 0.717) is 19.4 Å². The second kappa shape index (κ2) is 13.4. The van der Waals surface area contributed by atoms with Crippen molar-refractivity contribution in [2.45, 2.75) is 84.6 Å². The Morgan fingerprint density at radius 1 is 1.05 bits per heavy atom. The molecular formula is C18H33NO3. The summed E-state index contributed by atoms with van der Waals surface area (Å²) in [5.74, 6) is -0.979. The number of hydrogen-bond donors (Lipinski definition) is 1. The Balaban J connectivity index is 4.28. The van der Waals surface area contributed by atoms with Crippen molar-refractivity contribution in [3.05, 3.63) is 12.2 Å².